The number of rotatable bonds is 8. The van der Waals surface area contributed by atoms with Gasteiger partial charge in [0.1, 0.15) is 18.0 Å². The molecule has 3 aromatic rings. The van der Waals surface area contributed by atoms with Crippen molar-refractivity contribution in [2.75, 3.05) is 18.5 Å². The molecular weight excluding hydrogens is 551 g/mol. The minimum absolute atomic E-state index is 0.0557. The summed E-state index contributed by atoms with van der Waals surface area (Å²) in [5, 5.41) is 2.85. The van der Waals surface area contributed by atoms with E-state index in [-0.39, 0.29) is 47.8 Å². The number of nitrogens with zero attached hydrogens (tertiary/aromatic N) is 3. The molecule has 222 valence electrons. The Kier molecular flexibility index (Phi) is 7.68. The van der Waals surface area contributed by atoms with Crippen LogP contribution in [0.3, 0.4) is 0 Å². The Balaban J connectivity index is 1.14. The Morgan fingerprint density at radius 3 is 2.49 bits per heavy atom. The van der Waals surface area contributed by atoms with Gasteiger partial charge < -0.3 is 19.9 Å². The summed E-state index contributed by atoms with van der Waals surface area (Å²) in [6.07, 6.45) is 6.44. The highest BCUT2D eigenvalue weighted by molar-refractivity contribution is 6.11. The van der Waals surface area contributed by atoms with Gasteiger partial charge in [-0.15, -0.1) is 0 Å². The molecule has 0 unspecified atom stereocenters. The second-order valence-electron chi connectivity index (χ2n) is 11.7. The van der Waals surface area contributed by atoms with Crippen molar-refractivity contribution in [3.05, 3.63) is 83.4 Å². The summed E-state index contributed by atoms with van der Waals surface area (Å²) in [4.78, 5) is 58.9. The number of hydrogen-bond acceptors (Lipinski definition) is 6. The van der Waals surface area contributed by atoms with Crippen LogP contribution in [0.5, 0.6) is 0 Å². The highest BCUT2D eigenvalue weighted by Gasteiger charge is 2.38. The number of carbonyl (C=O) groups is 4. The summed E-state index contributed by atoms with van der Waals surface area (Å²) in [6, 6.07) is 12.2. The molecule has 0 radical (unpaired) electrons. The molecule has 6 rings (SSSR count). The van der Waals surface area contributed by atoms with E-state index < -0.39 is 17.8 Å². The quantitative estimate of drug-likeness (QED) is 0.395. The zero-order chi connectivity index (χ0) is 30.2. The maximum atomic E-state index is 14.7. The molecular formula is C33H33FN4O5. The molecule has 1 aromatic heterocycles. The summed E-state index contributed by atoms with van der Waals surface area (Å²) in [5.41, 5.74) is 3.11. The topological polar surface area (TPSA) is 109 Å². The molecule has 3 amide bonds. The van der Waals surface area contributed by atoms with E-state index in [2.05, 4.69) is 10.3 Å². The number of halogens is 1. The van der Waals surface area contributed by atoms with Crippen LogP contribution in [0.2, 0.25) is 0 Å². The number of fused-ring (bicyclic) bond motifs is 1. The van der Waals surface area contributed by atoms with Gasteiger partial charge >= 0.3 is 5.97 Å². The van der Waals surface area contributed by atoms with Crippen molar-refractivity contribution in [3.8, 4) is 11.1 Å². The standard InChI is InChI=1S/C33H33FN4O5/c1-19-31(40)37(2)29-16-24(22-7-9-35-10-8-22)5-6-28(29)32(41)38(19)18-21-11-25(15-26(34)12-21)30(39)36-17-20-13-27(14-20)43-33(42)23-3-4-23/h5-12,15-16,19-20,23,27H,3-4,13-14,17-18H2,1-2H3,(H,36,39)/t19-,20?,27?/m1/s1. The Labute approximate surface area is 249 Å². The van der Waals surface area contributed by atoms with Crippen molar-refractivity contribution in [2.24, 2.45) is 11.8 Å². The molecule has 2 aliphatic carbocycles. The van der Waals surface area contributed by atoms with E-state index >= 15 is 0 Å². The van der Waals surface area contributed by atoms with Gasteiger partial charge in [-0.25, -0.2) is 4.39 Å². The van der Waals surface area contributed by atoms with Gasteiger partial charge in [-0.05, 0) is 97.7 Å². The van der Waals surface area contributed by atoms with E-state index in [0.717, 1.165) is 30.0 Å². The number of carbonyl (C=O) groups excluding carboxylic acids is 4. The van der Waals surface area contributed by atoms with Gasteiger partial charge in [0.2, 0.25) is 5.91 Å². The van der Waals surface area contributed by atoms with Crippen LogP contribution in [0.15, 0.2) is 60.9 Å². The minimum atomic E-state index is -0.824. The van der Waals surface area contributed by atoms with Crippen LogP contribution in [0.25, 0.3) is 11.1 Å². The number of anilines is 1. The number of pyridine rings is 1. The fourth-order valence-electron chi connectivity index (χ4n) is 5.71. The molecule has 0 saturated heterocycles. The highest BCUT2D eigenvalue weighted by Crippen LogP contribution is 2.35. The molecule has 1 atom stereocenters. The number of likely N-dealkylation sites (N-methyl/N-ethyl adjacent to an activating group) is 1. The predicted molar refractivity (Wildman–Crippen MR) is 156 cm³/mol. The van der Waals surface area contributed by atoms with Crippen molar-refractivity contribution in [3.63, 3.8) is 0 Å². The lowest BCUT2D eigenvalue weighted by Gasteiger charge is -2.34. The zero-order valence-corrected chi connectivity index (χ0v) is 24.1. The molecule has 9 nitrogen and oxygen atoms in total. The van der Waals surface area contributed by atoms with Crippen LogP contribution in [0.4, 0.5) is 10.1 Å². The van der Waals surface area contributed by atoms with Gasteiger partial charge in [-0.3, -0.25) is 24.2 Å². The molecule has 10 heteroatoms. The van der Waals surface area contributed by atoms with Gasteiger partial charge in [-0.1, -0.05) is 6.07 Å². The molecule has 0 spiro atoms. The van der Waals surface area contributed by atoms with Gasteiger partial charge in [0.25, 0.3) is 11.8 Å². The summed E-state index contributed by atoms with van der Waals surface area (Å²) in [5.74, 6) is -1.56. The van der Waals surface area contributed by atoms with Crippen molar-refractivity contribution in [2.45, 2.75) is 51.3 Å². The average molecular weight is 585 g/mol. The number of nitrogens with one attached hydrogen (secondary N) is 1. The molecule has 1 N–H and O–H groups in total. The Bertz CT molecular complexity index is 1590. The van der Waals surface area contributed by atoms with E-state index in [0.29, 0.717) is 36.2 Å². The van der Waals surface area contributed by atoms with E-state index in [1.807, 2.05) is 24.3 Å². The maximum Gasteiger partial charge on any atom is 0.309 e. The number of benzene rings is 2. The van der Waals surface area contributed by atoms with Crippen molar-refractivity contribution in [1.82, 2.24) is 15.2 Å². The van der Waals surface area contributed by atoms with Crippen LogP contribution < -0.4 is 10.2 Å². The van der Waals surface area contributed by atoms with Gasteiger partial charge in [0.15, 0.2) is 0 Å². The summed E-state index contributed by atoms with van der Waals surface area (Å²) in [6.45, 7) is 1.98. The first-order chi connectivity index (χ1) is 20.7. The second kappa shape index (κ2) is 11.6. The van der Waals surface area contributed by atoms with E-state index in [1.54, 1.807) is 38.5 Å². The zero-order valence-electron chi connectivity index (χ0n) is 24.1. The van der Waals surface area contributed by atoms with Crippen LogP contribution in [-0.4, -0.2) is 59.3 Å². The van der Waals surface area contributed by atoms with Gasteiger partial charge in [0, 0.05) is 38.1 Å². The lowest BCUT2D eigenvalue weighted by atomic mass is 9.82. The number of esters is 1. The SMILES string of the molecule is C[C@@H]1C(=O)N(C)c2cc(-c3ccncc3)ccc2C(=O)N1Cc1cc(F)cc(C(=O)NCC2CC(OC(=O)C3CC3)C2)c1. The normalized spacial score (nSPS) is 21.5. The lowest BCUT2D eigenvalue weighted by molar-refractivity contribution is -0.157. The monoisotopic (exact) mass is 584 g/mol. The van der Waals surface area contributed by atoms with Crippen LogP contribution >= 0.6 is 0 Å². The third-order valence-electron chi connectivity index (χ3n) is 8.53. The first kappa shape index (κ1) is 28.5. The first-order valence-corrected chi connectivity index (χ1v) is 14.6. The predicted octanol–water partition coefficient (Wildman–Crippen LogP) is 4.36. The van der Waals surface area contributed by atoms with Gasteiger partial charge in [-0.2, -0.15) is 0 Å². The van der Waals surface area contributed by atoms with Gasteiger partial charge in [0.05, 0.1) is 17.2 Å². The molecule has 2 fully saturated rings. The van der Waals surface area contributed by atoms with E-state index in [1.165, 1.54) is 15.9 Å². The van der Waals surface area contributed by atoms with Crippen molar-refractivity contribution in [1.29, 1.82) is 0 Å². The third kappa shape index (κ3) is 6.00. The molecule has 2 saturated carbocycles. The molecule has 43 heavy (non-hydrogen) atoms. The number of hydrogen-bond donors (Lipinski definition) is 1. The lowest BCUT2D eigenvalue weighted by Crippen LogP contribution is -2.45. The molecule has 3 aliphatic rings. The largest absolute Gasteiger partial charge is 0.462 e. The molecule has 2 aromatic carbocycles. The smallest absolute Gasteiger partial charge is 0.309 e. The summed E-state index contributed by atoms with van der Waals surface area (Å²) in [7, 11) is 1.64. The minimum Gasteiger partial charge on any atom is -0.462 e. The average Bonchev–Trinajstić information content (AvgIpc) is 3.85. The number of amides is 3. The Hall–Kier alpha value is -4.60. The summed E-state index contributed by atoms with van der Waals surface area (Å²) < 4.78 is 20.2. The summed E-state index contributed by atoms with van der Waals surface area (Å²) >= 11 is 0. The molecule has 1 aliphatic heterocycles. The Morgan fingerprint density at radius 2 is 1.77 bits per heavy atom. The number of aromatic nitrogens is 1. The third-order valence-corrected chi connectivity index (χ3v) is 8.53. The van der Waals surface area contributed by atoms with Crippen LogP contribution in [0.1, 0.15) is 58.9 Å². The Morgan fingerprint density at radius 1 is 1.02 bits per heavy atom. The van der Waals surface area contributed by atoms with Crippen molar-refractivity contribution < 1.29 is 28.3 Å². The molecule has 2 heterocycles. The fourth-order valence-corrected chi connectivity index (χ4v) is 5.71. The van der Waals surface area contributed by atoms with Crippen LogP contribution in [0, 0.1) is 17.7 Å². The van der Waals surface area contributed by atoms with E-state index in [9.17, 15) is 23.6 Å². The molecule has 0 bridgehead atoms. The maximum absolute atomic E-state index is 14.7. The second-order valence-corrected chi connectivity index (χ2v) is 11.7. The fraction of sp³-hybridized carbons (Fsp3) is 0.364. The van der Waals surface area contributed by atoms with Crippen molar-refractivity contribution >= 4 is 29.4 Å². The number of ether oxygens (including phenoxy) is 1. The first-order valence-electron chi connectivity index (χ1n) is 14.6. The van der Waals surface area contributed by atoms with E-state index in [4.69, 9.17) is 4.74 Å². The highest BCUT2D eigenvalue weighted by atomic mass is 19.1. The van der Waals surface area contributed by atoms with Crippen LogP contribution in [-0.2, 0) is 20.9 Å².